The molecule has 2 atom stereocenters. The molecule has 1 aromatic carbocycles. The quantitative estimate of drug-likeness (QED) is 0.274. The number of carbonyl (C=O) groups is 2. The van der Waals surface area contributed by atoms with Gasteiger partial charge in [0.25, 0.3) is 0 Å². The molecule has 5 nitrogen and oxygen atoms in total. The minimum absolute atomic E-state index is 0.321. The molecule has 1 saturated carbocycles. The van der Waals surface area contributed by atoms with Gasteiger partial charge in [-0.05, 0) is 122 Å². The number of carbonyl (C=O) groups excluding carboxylic acids is 2. The van der Waals surface area contributed by atoms with Crippen LogP contribution in [-0.2, 0) is 14.3 Å². The maximum absolute atomic E-state index is 10.2. The van der Waals surface area contributed by atoms with Gasteiger partial charge in [-0.2, -0.15) is 0 Å². The highest BCUT2D eigenvalue weighted by atomic mass is 16.5. The Morgan fingerprint density at radius 3 is 1.73 bits per heavy atom. The van der Waals surface area contributed by atoms with E-state index in [-0.39, 0.29) is 0 Å². The molecular formula is C36H62N2O3. The van der Waals surface area contributed by atoms with E-state index in [4.69, 9.17) is 4.74 Å². The van der Waals surface area contributed by atoms with Crippen molar-refractivity contribution in [2.24, 2.45) is 17.3 Å². The second-order valence-electron chi connectivity index (χ2n) is 12.7. The van der Waals surface area contributed by atoms with Gasteiger partial charge in [0.05, 0.1) is 6.10 Å². The first-order chi connectivity index (χ1) is 19.7. The third-order valence-electron chi connectivity index (χ3n) is 9.00. The van der Waals surface area contributed by atoms with Crippen LogP contribution in [0.1, 0.15) is 103 Å². The Hall–Kier alpha value is -1.82. The number of aryl methyl sites for hydroxylation is 1. The fourth-order valence-corrected chi connectivity index (χ4v) is 5.46. The first kappa shape index (κ1) is 37.2. The van der Waals surface area contributed by atoms with E-state index in [1.54, 1.807) is 7.11 Å². The molecule has 41 heavy (non-hydrogen) atoms. The van der Waals surface area contributed by atoms with Crippen molar-refractivity contribution in [2.75, 3.05) is 47.4 Å². The van der Waals surface area contributed by atoms with Gasteiger partial charge in [0.2, 0.25) is 0 Å². The lowest BCUT2D eigenvalue weighted by Gasteiger charge is -2.40. The van der Waals surface area contributed by atoms with Gasteiger partial charge in [0.15, 0.2) is 0 Å². The van der Waals surface area contributed by atoms with Crippen LogP contribution in [-0.4, -0.2) is 75.9 Å². The Balaban J connectivity index is 0.000000276. The standard InChI is InChI=1S/C13H19N.C7H13NO.2C7H12O.C2H6/c1-11-3-5-12(6-4-11)13-7-9-14(2)10-8-13;1-8-4-2-7(6-9)3-5-8;1-7(2)4-3-6(7)5-8;1-8-7-5-3-2-4-6-7;1-2/h3-6,13H,7-10H2,1-2H3;6-7H,2-5H2,1H3;5-6H,3-4H2,1-2H3;3,5,7H,2,4,6H2,1H3;1-2H3. The molecule has 0 bridgehead atoms. The van der Waals surface area contributed by atoms with Crippen molar-refractivity contribution in [3.8, 4) is 0 Å². The topological polar surface area (TPSA) is 49.9 Å². The molecule has 2 unspecified atom stereocenters. The molecule has 2 saturated heterocycles. The average Bonchev–Trinajstić information content (AvgIpc) is 3.01. The first-order valence-corrected chi connectivity index (χ1v) is 16.2. The van der Waals surface area contributed by atoms with E-state index in [2.05, 4.69) is 81.1 Å². The average molecular weight is 571 g/mol. The molecule has 5 rings (SSSR count). The van der Waals surface area contributed by atoms with Gasteiger partial charge in [-0.1, -0.05) is 69.7 Å². The summed E-state index contributed by atoms with van der Waals surface area (Å²) >= 11 is 0. The number of aldehydes is 2. The van der Waals surface area contributed by atoms with Crippen LogP contribution in [0.5, 0.6) is 0 Å². The maximum Gasteiger partial charge on any atom is 0.123 e. The number of hydrogen-bond acceptors (Lipinski definition) is 5. The molecule has 2 aliphatic carbocycles. The molecule has 0 spiro atoms. The van der Waals surface area contributed by atoms with Crippen molar-refractivity contribution in [1.29, 1.82) is 0 Å². The Kier molecular flexibility index (Phi) is 19.0. The highest BCUT2D eigenvalue weighted by molar-refractivity contribution is 5.56. The minimum atomic E-state index is 0.321. The monoisotopic (exact) mass is 570 g/mol. The zero-order valence-electron chi connectivity index (χ0n) is 27.7. The lowest BCUT2D eigenvalue weighted by atomic mass is 9.63. The number of ether oxygens (including phenoxy) is 1. The summed E-state index contributed by atoms with van der Waals surface area (Å²) in [4.78, 5) is 25.1. The number of hydrogen-bond donors (Lipinski definition) is 0. The maximum atomic E-state index is 10.2. The number of nitrogens with zero attached hydrogens (tertiary/aromatic N) is 2. The molecule has 0 amide bonds. The van der Waals surface area contributed by atoms with E-state index >= 15 is 0 Å². The van der Waals surface area contributed by atoms with Crippen molar-refractivity contribution in [1.82, 2.24) is 9.80 Å². The van der Waals surface area contributed by atoms with Gasteiger partial charge < -0.3 is 24.1 Å². The van der Waals surface area contributed by atoms with E-state index in [1.165, 1.54) is 62.7 Å². The summed E-state index contributed by atoms with van der Waals surface area (Å²) in [5, 5.41) is 0. The molecule has 1 aromatic rings. The number of piperidine rings is 2. The van der Waals surface area contributed by atoms with Gasteiger partial charge >= 0.3 is 0 Å². The summed E-state index contributed by atoms with van der Waals surface area (Å²) in [5.41, 5.74) is 3.22. The Labute approximate surface area is 253 Å². The summed E-state index contributed by atoms with van der Waals surface area (Å²) in [6.07, 6.45) is 17.7. The summed E-state index contributed by atoms with van der Waals surface area (Å²) in [5.74, 6) is 1.50. The van der Waals surface area contributed by atoms with Gasteiger partial charge in [0.1, 0.15) is 12.6 Å². The number of allylic oxidation sites excluding steroid dienone is 1. The smallest absolute Gasteiger partial charge is 0.123 e. The fourth-order valence-electron chi connectivity index (χ4n) is 5.46. The van der Waals surface area contributed by atoms with Crippen LogP contribution in [0.4, 0.5) is 0 Å². The minimum Gasteiger partial charge on any atom is -0.377 e. The van der Waals surface area contributed by atoms with Gasteiger partial charge in [0, 0.05) is 18.9 Å². The predicted octanol–water partition coefficient (Wildman–Crippen LogP) is 7.72. The van der Waals surface area contributed by atoms with Crippen LogP contribution in [0.15, 0.2) is 36.4 Å². The predicted molar refractivity (Wildman–Crippen MR) is 175 cm³/mol. The van der Waals surface area contributed by atoms with Crippen LogP contribution in [0.25, 0.3) is 0 Å². The summed E-state index contributed by atoms with van der Waals surface area (Å²) in [6.45, 7) is 15.1. The second kappa shape index (κ2) is 21.0. The highest BCUT2D eigenvalue weighted by Gasteiger charge is 2.37. The van der Waals surface area contributed by atoms with Crippen LogP contribution in [0.3, 0.4) is 0 Å². The van der Waals surface area contributed by atoms with Gasteiger partial charge in [-0.3, -0.25) is 0 Å². The SMILES string of the molecule is CC.CC1(C)CCC1C=O.CN1CCC(C=O)CC1.COC1C=CCCC1.Cc1ccc(C2CCN(C)CC2)cc1. The first-order valence-electron chi connectivity index (χ1n) is 16.2. The van der Waals surface area contributed by atoms with Crippen molar-refractivity contribution < 1.29 is 14.3 Å². The van der Waals surface area contributed by atoms with E-state index in [9.17, 15) is 9.59 Å². The van der Waals surface area contributed by atoms with Crippen LogP contribution in [0.2, 0.25) is 0 Å². The Bertz CT molecular complexity index is 835. The van der Waals surface area contributed by atoms with Crippen LogP contribution in [0, 0.1) is 24.2 Å². The highest BCUT2D eigenvalue weighted by Crippen LogP contribution is 2.44. The van der Waals surface area contributed by atoms with E-state index in [0.29, 0.717) is 23.4 Å². The molecular weight excluding hydrogens is 508 g/mol. The van der Waals surface area contributed by atoms with Crippen molar-refractivity contribution in [3.05, 3.63) is 47.5 Å². The third-order valence-corrected chi connectivity index (χ3v) is 9.00. The molecule has 4 aliphatic rings. The summed E-state index contributed by atoms with van der Waals surface area (Å²) in [7, 11) is 6.08. The molecule has 3 fully saturated rings. The van der Waals surface area contributed by atoms with Crippen LogP contribution >= 0.6 is 0 Å². The molecule has 234 valence electrons. The molecule has 0 N–H and O–H groups in total. The number of benzene rings is 1. The lowest BCUT2D eigenvalue weighted by molar-refractivity contribution is -0.119. The second-order valence-corrected chi connectivity index (χ2v) is 12.7. The van der Waals surface area contributed by atoms with E-state index < -0.39 is 0 Å². The normalized spacial score (nSPS) is 24.3. The van der Waals surface area contributed by atoms with E-state index in [1.807, 2.05) is 13.8 Å². The zero-order chi connectivity index (χ0) is 30.7. The van der Waals surface area contributed by atoms with E-state index in [0.717, 1.165) is 50.8 Å². The fraction of sp³-hybridized carbons (Fsp3) is 0.722. The van der Waals surface area contributed by atoms with Crippen LogP contribution < -0.4 is 0 Å². The molecule has 0 aromatic heterocycles. The summed E-state index contributed by atoms with van der Waals surface area (Å²) < 4.78 is 5.10. The van der Waals surface area contributed by atoms with Gasteiger partial charge in [-0.25, -0.2) is 0 Å². The van der Waals surface area contributed by atoms with Crippen molar-refractivity contribution in [3.63, 3.8) is 0 Å². The number of methoxy groups -OCH3 is 1. The Morgan fingerprint density at radius 1 is 0.829 bits per heavy atom. The van der Waals surface area contributed by atoms with Gasteiger partial charge in [-0.15, -0.1) is 0 Å². The number of likely N-dealkylation sites (tertiary alicyclic amines) is 2. The van der Waals surface area contributed by atoms with Crippen molar-refractivity contribution >= 4 is 12.6 Å². The summed E-state index contributed by atoms with van der Waals surface area (Å²) in [6, 6.07) is 9.05. The number of rotatable bonds is 4. The zero-order valence-corrected chi connectivity index (χ0v) is 27.7. The lowest BCUT2D eigenvalue weighted by Crippen LogP contribution is -2.35. The molecule has 2 aliphatic heterocycles. The largest absolute Gasteiger partial charge is 0.377 e. The Morgan fingerprint density at radius 2 is 1.39 bits per heavy atom. The molecule has 5 heteroatoms. The van der Waals surface area contributed by atoms with Crippen molar-refractivity contribution in [2.45, 2.75) is 104 Å². The molecule has 2 heterocycles. The third kappa shape index (κ3) is 14.8. The molecule has 0 radical (unpaired) electrons.